The number of anilines is 2. The van der Waals surface area contributed by atoms with Crippen LogP contribution in [0.25, 0.3) is 0 Å². The zero-order chi connectivity index (χ0) is 13.1. The van der Waals surface area contributed by atoms with E-state index in [4.69, 9.17) is 11.6 Å². The van der Waals surface area contributed by atoms with Crippen molar-refractivity contribution in [3.8, 4) is 0 Å². The lowest BCUT2D eigenvalue weighted by Crippen LogP contribution is -2.39. The molecule has 1 aromatic heterocycles. The Morgan fingerprint density at radius 1 is 1.21 bits per heavy atom. The monoisotopic (exact) mass is 277 g/mol. The van der Waals surface area contributed by atoms with Crippen molar-refractivity contribution in [3.05, 3.63) is 35.5 Å². The topological polar surface area (TPSA) is 56.8 Å². The van der Waals surface area contributed by atoms with Crippen molar-refractivity contribution in [2.24, 2.45) is 0 Å². The molecule has 1 fully saturated rings. The SMILES string of the molecule is Clc1ccc(N2CCC(Nc3cn[nH]n3)CC2)cc1. The van der Waals surface area contributed by atoms with E-state index in [1.54, 1.807) is 6.20 Å². The maximum atomic E-state index is 5.91. The molecule has 0 unspecified atom stereocenters. The zero-order valence-electron chi connectivity index (χ0n) is 10.5. The van der Waals surface area contributed by atoms with E-state index in [9.17, 15) is 0 Å². The number of rotatable bonds is 3. The highest BCUT2D eigenvalue weighted by Crippen LogP contribution is 2.23. The molecule has 0 amide bonds. The number of nitrogens with one attached hydrogen (secondary N) is 2. The van der Waals surface area contributed by atoms with Crippen LogP contribution in [0.2, 0.25) is 5.02 Å². The van der Waals surface area contributed by atoms with Gasteiger partial charge in [-0.1, -0.05) is 11.6 Å². The molecule has 0 bridgehead atoms. The summed E-state index contributed by atoms with van der Waals surface area (Å²) in [4.78, 5) is 2.39. The number of piperidine rings is 1. The predicted octanol–water partition coefficient (Wildman–Crippen LogP) is 2.54. The molecule has 1 aromatic carbocycles. The Labute approximate surface area is 117 Å². The molecule has 0 atom stereocenters. The first-order valence-corrected chi connectivity index (χ1v) is 6.82. The van der Waals surface area contributed by atoms with Crippen molar-refractivity contribution in [3.63, 3.8) is 0 Å². The minimum absolute atomic E-state index is 0.466. The number of hydrogen-bond donors (Lipinski definition) is 2. The Bertz CT molecular complexity index is 502. The van der Waals surface area contributed by atoms with Crippen molar-refractivity contribution in [2.75, 3.05) is 23.3 Å². The summed E-state index contributed by atoms with van der Waals surface area (Å²) in [5.74, 6) is 0.824. The standard InChI is InChI=1S/C13H16ClN5/c14-10-1-3-12(4-2-10)19-7-5-11(6-8-19)16-13-9-15-18-17-13/h1-4,9,11H,5-8H2,(H2,15,16,17,18). The van der Waals surface area contributed by atoms with Gasteiger partial charge in [-0.25, -0.2) is 0 Å². The van der Waals surface area contributed by atoms with Gasteiger partial charge in [0.25, 0.3) is 0 Å². The van der Waals surface area contributed by atoms with E-state index >= 15 is 0 Å². The van der Waals surface area contributed by atoms with E-state index < -0.39 is 0 Å². The molecular weight excluding hydrogens is 262 g/mol. The van der Waals surface area contributed by atoms with Gasteiger partial charge in [0.15, 0.2) is 5.82 Å². The molecule has 0 radical (unpaired) electrons. The van der Waals surface area contributed by atoms with Gasteiger partial charge in [0.05, 0.1) is 6.20 Å². The lowest BCUT2D eigenvalue weighted by atomic mass is 10.0. The Hall–Kier alpha value is -1.75. The first-order chi connectivity index (χ1) is 9.31. The van der Waals surface area contributed by atoms with Crippen LogP contribution in [0.4, 0.5) is 11.5 Å². The summed E-state index contributed by atoms with van der Waals surface area (Å²) < 4.78 is 0. The average molecular weight is 278 g/mol. The highest BCUT2D eigenvalue weighted by Gasteiger charge is 2.19. The summed E-state index contributed by atoms with van der Waals surface area (Å²) in [5.41, 5.74) is 1.24. The van der Waals surface area contributed by atoms with Crippen LogP contribution in [0, 0.1) is 0 Å². The molecule has 6 heteroatoms. The van der Waals surface area contributed by atoms with Gasteiger partial charge < -0.3 is 10.2 Å². The maximum absolute atomic E-state index is 5.91. The van der Waals surface area contributed by atoms with E-state index in [1.165, 1.54) is 5.69 Å². The number of H-pyrrole nitrogens is 1. The molecule has 100 valence electrons. The molecule has 2 N–H and O–H groups in total. The number of hydrogen-bond acceptors (Lipinski definition) is 4. The number of nitrogens with zero attached hydrogens (tertiary/aromatic N) is 3. The van der Waals surface area contributed by atoms with Gasteiger partial charge >= 0.3 is 0 Å². The van der Waals surface area contributed by atoms with Crippen molar-refractivity contribution < 1.29 is 0 Å². The minimum atomic E-state index is 0.466. The second-order valence-electron chi connectivity index (χ2n) is 4.74. The van der Waals surface area contributed by atoms with Gasteiger partial charge in [-0.05, 0) is 37.1 Å². The number of benzene rings is 1. The molecule has 19 heavy (non-hydrogen) atoms. The van der Waals surface area contributed by atoms with Gasteiger partial charge in [0, 0.05) is 29.8 Å². The van der Waals surface area contributed by atoms with Crippen molar-refractivity contribution in [2.45, 2.75) is 18.9 Å². The zero-order valence-corrected chi connectivity index (χ0v) is 11.3. The molecule has 0 saturated carbocycles. The van der Waals surface area contributed by atoms with Crippen LogP contribution in [0.3, 0.4) is 0 Å². The van der Waals surface area contributed by atoms with Crippen LogP contribution < -0.4 is 10.2 Å². The number of aromatic amines is 1. The van der Waals surface area contributed by atoms with Gasteiger partial charge in [-0.2, -0.15) is 10.3 Å². The van der Waals surface area contributed by atoms with Crippen LogP contribution in [-0.2, 0) is 0 Å². The Kier molecular flexibility index (Phi) is 3.55. The third kappa shape index (κ3) is 2.98. The van der Waals surface area contributed by atoms with Crippen molar-refractivity contribution >= 4 is 23.1 Å². The summed E-state index contributed by atoms with van der Waals surface area (Å²) in [6, 6.07) is 8.50. The molecular formula is C13H16ClN5. The highest BCUT2D eigenvalue weighted by molar-refractivity contribution is 6.30. The van der Waals surface area contributed by atoms with Gasteiger partial charge in [0.2, 0.25) is 0 Å². The molecule has 5 nitrogen and oxygen atoms in total. The fraction of sp³-hybridized carbons (Fsp3) is 0.385. The lowest BCUT2D eigenvalue weighted by Gasteiger charge is -2.33. The van der Waals surface area contributed by atoms with Gasteiger partial charge in [-0.15, -0.1) is 5.10 Å². The predicted molar refractivity (Wildman–Crippen MR) is 76.7 cm³/mol. The second-order valence-corrected chi connectivity index (χ2v) is 5.17. The Balaban J connectivity index is 1.56. The van der Waals surface area contributed by atoms with E-state index in [2.05, 4.69) is 37.8 Å². The third-order valence-corrected chi connectivity index (χ3v) is 3.71. The lowest BCUT2D eigenvalue weighted by molar-refractivity contribution is 0.525. The maximum Gasteiger partial charge on any atom is 0.168 e. The molecule has 2 aromatic rings. The van der Waals surface area contributed by atoms with E-state index in [0.717, 1.165) is 36.8 Å². The molecule has 1 aliphatic rings. The molecule has 1 saturated heterocycles. The van der Waals surface area contributed by atoms with Crippen LogP contribution >= 0.6 is 11.6 Å². The normalized spacial score (nSPS) is 16.6. The van der Waals surface area contributed by atoms with Crippen LogP contribution in [0.15, 0.2) is 30.5 Å². The van der Waals surface area contributed by atoms with E-state index in [1.807, 2.05) is 12.1 Å². The molecule has 0 aliphatic carbocycles. The van der Waals surface area contributed by atoms with Crippen LogP contribution in [-0.4, -0.2) is 34.5 Å². The first kappa shape index (κ1) is 12.3. The minimum Gasteiger partial charge on any atom is -0.371 e. The quantitative estimate of drug-likeness (QED) is 0.905. The highest BCUT2D eigenvalue weighted by atomic mass is 35.5. The van der Waals surface area contributed by atoms with Crippen LogP contribution in [0.1, 0.15) is 12.8 Å². The molecule has 2 heterocycles. The van der Waals surface area contributed by atoms with Crippen molar-refractivity contribution in [1.29, 1.82) is 0 Å². The summed E-state index contributed by atoms with van der Waals surface area (Å²) >= 11 is 5.91. The molecule has 0 spiro atoms. The second kappa shape index (κ2) is 5.48. The summed E-state index contributed by atoms with van der Waals surface area (Å²) in [7, 11) is 0. The third-order valence-electron chi connectivity index (χ3n) is 3.45. The smallest absolute Gasteiger partial charge is 0.168 e. The van der Waals surface area contributed by atoms with E-state index in [-0.39, 0.29) is 0 Å². The van der Waals surface area contributed by atoms with Gasteiger partial charge in [-0.3, -0.25) is 0 Å². The van der Waals surface area contributed by atoms with E-state index in [0.29, 0.717) is 6.04 Å². The summed E-state index contributed by atoms with van der Waals surface area (Å²) in [6.07, 6.45) is 3.90. The Morgan fingerprint density at radius 3 is 2.58 bits per heavy atom. The summed E-state index contributed by atoms with van der Waals surface area (Å²) in [5, 5.41) is 14.6. The number of halogens is 1. The molecule has 3 rings (SSSR count). The summed E-state index contributed by atoms with van der Waals surface area (Å²) in [6.45, 7) is 2.08. The van der Waals surface area contributed by atoms with Crippen molar-refractivity contribution in [1.82, 2.24) is 15.4 Å². The van der Waals surface area contributed by atoms with Gasteiger partial charge in [0.1, 0.15) is 0 Å². The number of aromatic nitrogens is 3. The largest absolute Gasteiger partial charge is 0.371 e. The van der Waals surface area contributed by atoms with Crippen LogP contribution in [0.5, 0.6) is 0 Å². The fourth-order valence-electron chi connectivity index (χ4n) is 2.41. The fourth-order valence-corrected chi connectivity index (χ4v) is 2.54. The Morgan fingerprint density at radius 2 is 1.95 bits per heavy atom. The average Bonchev–Trinajstić information content (AvgIpc) is 2.94. The first-order valence-electron chi connectivity index (χ1n) is 6.44. The molecule has 1 aliphatic heterocycles.